The fraction of sp³-hybridized carbons (Fsp3) is 0. The molecule has 0 aliphatic heterocycles. The number of nitrogens with zero attached hydrogens (tertiary/aromatic N) is 2. The molecule has 3 rings (SSSR count). The number of carbonyl (C=O) groups is 1. The number of amides is 1. The molecule has 0 saturated heterocycles. The topological polar surface area (TPSA) is 80.9 Å². The molecule has 0 bridgehead atoms. The number of hydrogen-bond acceptors (Lipinski definition) is 5. The smallest absolute Gasteiger partial charge is 0.260 e. The summed E-state index contributed by atoms with van der Waals surface area (Å²) in [6.45, 7) is 0. The second-order valence-corrected chi connectivity index (χ2v) is 5.03. The fourth-order valence-electron chi connectivity index (χ4n) is 1.73. The highest BCUT2D eigenvalue weighted by molar-refractivity contribution is 7.22. The molecule has 1 amide bonds. The van der Waals surface area contributed by atoms with Gasteiger partial charge in [-0.1, -0.05) is 23.5 Å². The predicted octanol–water partition coefficient (Wildman–Crippen LogP) is 2.66. The fourth-order valence-corrected chi connectivity index (χ4v) is 2.59. The summed E-state index contributed by atoms with van der Waals surface area (Å²) in [6, 6.07) is 8.75. The van der Waals surface area contributed by atoms with Gasteiger partial charge in [-0.15, -0.1) is 0 Å². The van der Waals surface area contributed by atoms with Gasteiger partial charge in [0.1, 0.15) is 0 Å². The summed E-state index contributed by atoms with van der Waals surface area (Å²) in [5.41, 5.74) is 5.96. The zero-order valence-electron chi connectivity index (χ0n) is 10.1. The Hall–Kier alpha value is -2.54. The molecule has 2 heterocycles. The van der Waals surface area contributed by atoms with E-state index in [1.165, 1.54) is 23.6 Å². The van der Waals surface area contributed by atoms with E-state index in [2.05, 4.69) is 15.3 Å². The molecule has 0 atom stereocenters. The van der Waals surface area contributed by atoms with E-state index in [1.54, 1.807) is 0 Å². The first-order chi connectivity index (χ1) is 9.65. The van der Waals surface area contributed by atoms with Crippen molar-refractivity contribution in [2.45, 2.75) is 0 Å². The SMILES string of the molecule is Nc1nccc(C(=O)Nc2nc3ccccc3s2)c1F. The summed E-state index contributed by atoms with van der Waals surface area (Å²) in [7, 11) is 0. The number of benzene rings is 1. The number of para-hydroxylation sites is 1. The van der Waals surface area contributed by atoms with Crippen molar-refractivity contribution >= 4 is 38.4 Å². The Morgan fingerprint density at radius 3 is 2.90 bits per heavy atom. The van der Waals surface area contributed by atoms with Crippen molar-refractivity contribution in [3.63, 3.8) is 0 Å². The average molecular weight is 288 g/mol. The van der Waals surface area contributed by atoms with Crippen molar-refractivity contribution in [1.82, 2.24) is 9.97 Å². The number of fused-ring (bicyclic) bond motifs is 1. The van der Waals surface area contributed by atoms with Crippen LogP contribution in [-0.2, 0) is 0 Å². The molecule has 100 valence electrons. The van der Waals surface area contributed by atoms with Gasteiger partial charge in [0, 0.05) is 6.20 Å². The minimum absolute atomic E-state index is 0.156. The van der Waals surface area contributed by atoms with Crippen LogP contribution in [0.2, 0.25) is 0 Å². The van der Waals surface area contributed by atoms with Crippen LogP contribution >= 0.6 is 11.3 Å². The van der Waals surface area contributed by atoms with Gasteiger partial charge in [-0.25, -0.2) is 14.4 Å². The normalized spacial score (nSPS) is 10.7. The first-order valence-electron chi connectivity index (χ1n) is 5.72. The monoisotopic (exact) mass is 288 g/mol. The van der Waals surface area contributed by atoms with Crippen LogP contribution < -0.4 is 11.1 Å². The molecule has 0 radical (unpaired) electrons. The highest BCUT2D eigenvalue weighted by Crippen LogP contribution is 2.26. The van der Waals surface area contributed by atoms with Gasteiger partial charge in [-0.3, -0.25) is 10.1 Å². The highest BCUT2D eigenvalue weighted by Gasteiger charge is 2.16. The third-order valence-electron chi connectivity index (χ3n) is 2.68. The summed E-state index contributed by atoms with van der Waals surface area (Å²) >= 11 is 1.32. The van der Waals surface area contributed by atoms with E-state index in [9.17, 15) is 9.18 Å². The number of aromatic nitrogens is 2. The van der Waals surface area contributed by atoms with Crippen LogP contribution in [-0.4, -0.2) is 15.9 Å². The average Bonchev–Trinajstić information content (AvgIpc) is 2.83. The van der Waals surface area contributed by atoms with Crippen molar-refractivity contribution in [2.75, 3.05) is 11.1 Å². The summed E-state index contributed by atoms with van der Waals surface area (Å²) in [6.07, 6.45) is 1.28. The first kappa shape index (κ1) is 12.5. The third-order valence-corrected chi connectivity index (χ3v) is 3.63. The van der Waals surface area contributed by atoms with E-state index in [4.69, 9.17) is 5.73 Å². The van der Waals surface area contributed by atoms with E-state index >= 15 is 0 Å². The van der Waals surface area contributed by atoms with Gasteiger partial charge in [0.05, 0.1) is 15.8 Å². The highest BCUT2D eigenvalue weighted by atomic mass is 32.1. The second kappa shape index (κ2) is 4.86. The van der Waals surface area contributed by atoms with Gasteiger partial charge in [0.25, 0.3) is 5.91 Å². The Morgan fingerprint density at radius 2 is 2.10 bits per heavy atom. The summed E-state index contributed by atoms with van der Waals surface area (Å²) in [5, 5.41) is 2.97. The van der Waals surface area contributed by atoms with Gasteiger partial charge >= 0.3 is 0 Å². The second-order valence-electron chi connectivity index (χ2n) is 4.00. The maximum absolute atomic E-state index is 13.7. The lowest BCUT2D eigenvalue weighted by Crippen LogP contribution is -2.15. The molecule has 0 aliphatic rings. The van der Waals surface area contributed by atoms with Crippen molar-refractivity contribution in [3.05, 3.63) is 47.9 Å². The molecule has 0 saturated carbocycles. The van der Waals surface area contributed by atoms with E-state index in [1.807, 2.05) is 24.3 Å². The number of nitrogens with one attached hydrogen (secondary N) is 1. The lowest BCUT2D eigenvalue weighted by atomic mass is 10.2. The molecule has 3 N–H and O–H groups in total. The zero-order chi connectivity index (χ0) is 14.1. The molecular formula is C13H9FN4OS. The molecule has 3 aromatic rings. The number of nitrogens with two attached hydrogens (primary N) is 1. The van der Waals surface area contributed by atoms with Gasteiger partial charge in [-0.05, 0) is 18.2 Å². The zero-order valence-corrected chi connectivity index (χ0v) is 10.9. The van der Waals surface area contributed by atoms with E-state index in [-0.39, 0.29) is 11.4 Å². The van der Waals surface area contributed by atoms with Gasteiger partial charge in [-0.2, -0.15) is 0 Å². The minimum atomic E-state index is -0.828. The number of pyridine rings is 1. The maximum atomic E-state index is 13.7. The van der Waals surface area contributed by atoms with Crippen LogP contribution in [0.3, 0.4) is 0 Å². The van der Waals surface area contributed by atoms with Crippen molar-refractivity contribution in [2.24, 2.45) is 0 Å². The maximum Gasteiger partial charge on any atom is 0.260 e. The van der Waals surface area contributed by atoms with Crippen LogP contribution in [0.15, 0.2) is 36.5 Å². The Kier molecular flexibility index (Phi) is 3.03. The lowest BCUT2D eigenvalue weighted by Gasteiger charge is -2.03. The first-order valence-corrected chi connectivity index (χ1v) is 6.53. The molecule has 7 heteroatoms. The molecule has 0 aliphatic carbocycles. The van der Waals surface area contributed by atoms with Gasteiger partial charge in [0.15, 0.2) is 16.8 Å². The number of thiazole rings is 1. The predicted molar refractivity (Wildman–Crippen MR) is 76.2 cm³/mol. The molecule has 0 fully saturated rings. The Morgan fingerprint density at radius 1 is 1.30 bits per heavy atom. The molecule has 1 aromatic carbocycles. The Balaban J connectivity index is 1.90. The number of halogens is 1. The summed E-state index contributed by atoms with van der Waals surface area (Å²) in [5.74, 6) is -1.73. The van der Waals surface area contributed by atoms with Crippen molar-refractivity contribution in [1.29, 1.82) is 0 Å². The summed E-state index contributed by atoms with van der Waals surface area (Å²) < 4.78 is 14.6. The van der Waals surface area contributed by atoms with E-state index in [0.717, 1.165) is 10.2 Å². The van der Waals surface area contributed by atoms with Gasteiger partial charge < -0.3 is 5.73 Å². The van der Waals surface area contributed by atoms with Crippen LogP contribution in [0, 0.1) is 5.82 Å². The number of rotatable bonds is 2. The number of anilines is 2. The molecule has 0 unspecified atom stereocenters. The number of nitrogen functional groups attached to an aromatic ring is 1. The number of hydrogen-bond donors (Lipinski definition) is 2. The van der Waals surface area contributed by atoms with Crippen LogP contribution in [0.25, 0.3) is 10.2 Å². The third kappa shape index (κ3) is 2.19. The molecule has 20 heavy (non-hydrogen) atoms. The minimum Gasteiger partial charge on any atom is -0.381 e. The lowest BCUT2D eigenvalue weighted by molar-refractivity contribution is 0.102. The molecule has 5 nitrogen and oxygen atoms in total. The molecule has 2 aromatic heterocycles. The van der Waals surface area contributed by atoms with Gasteiger partial charge in [0.2, 0.25) is 0 Å². The van der Waals surface area contributed by atoms with Crippen LogP contribution in [0.4, 0.5) is 15.3 Å². The molecule has 0 spiro atoms. The number of carbonyl (C=O) groups excluding carboxylic acids is 1. The van der Waals surface area contributed by atoms with Crippen molar-refractivity contribution in [3.8, 4) is 0 Å². The Bertz CT molecular complexity index is 769. The van der Waals surface area contributed by atoms with E-state index in [0.29, 0.717) is 5.13 Å². The van der Waals surface area contributed by atoms with Crippen LogP contribution in [0.5, 0.6) is 0 Å². The largest absolute Gasteiger partial charge is 0.381 e. The van der Waals surface area contributed by atoms with E-state index < -0.39 is 11.7 Å². The summed E-state index contributed by atoms with van der Waals surface area (Å²) in [4.78, 5) is 19.8. The Labute approximate surface area is 117 Å². The van der Waals surface area contributed by atoms with Crippen molar-refractivity contribution < 1.29 is 9.18 Å². The van der Waals surface area contributed by atoms with Crippen LogP contribution in [0.1, 0.15) is 10.4 Å². The standard InChI is InChI=1S/C13H9FN4OS/c14-10-7(5-6-16-11(10)15)12(19)18-13-17-8-3-1-2-4-9(8)20-13/h1-6H,(H2,15,16)(H,17,18,19). The quantitative estimate of drug-likeness (QED) is 0.759. The molecular weight excluding hydrogens is 279 g/mol.